The molecule has 2 amide bonds. The molecule has 2 aromatic rings. The number of carbonyl (C=O) groups is 2. The van der Waals surface area contributed by atoms with Gasteiger partial charge in [0.1, 0.15) is 0 Å². The lowest BCUT2D eigenvalue weighted by Crippen LogP contribution is -2.20. The molecule has 7 nitrogen and oxygen atoms in total. The van der Waals surface area contributed by atoms with Crippen molar-refractivity contribution in [2.45, 2.75) is 12.8 Å². The zero-order valence-electron chi connectivity index (χ0n) is 14.7. The van der Waals surface area contributed by atoms with E-state index in [0.29, 0.717) is 17.2 Å². The fourth-order valence-corrected chi connectivity index (χ4v) is 2.14. The lowest BCUT2D eigenvalue weighted by molar-refractivity contribution is -0.124. The van der Waals surface area contributed by atoms with Crippen molar-refractivity contribution in [2.24, 2.45) is 5.10 Å². The third-order valence-electron chi connectivity index (χ3n) is 3.45. The number of hydrazone groups is 1. The highest BCUT2D eigenvalue weighted by atomic mass is 16.5. The van der Waals surface area contributed by atoms with Gasteiger partial charge in [-0.3, -0.25) is 9.59 Å². The predicted octanol–water partition coefficient (Wildman–Crippen LogP) is 2.57. The van der Waals surface area contributed by atoms with E-state index in [4.69, 9.17) is 9.47 Å². The van der Waals surface area contributed by atoms with Crippen LogP contribution in [0, 0.1) is 0 Å². The van der Waals surface area contributed by atoms with E-state index in [2.05, 4.69) is 15.8 Å². The normalized spacial score (nSPS) is 10.4. The smallest absolute Gasteiger partial charge is 0.240 e. The van der Waals surface area contributed by atoms with Gasteiger partial charge in [-0.25, -0.2) is 5.43 Å². The van der Waals surface area contributed by atoms with E-state index in [0.717, 1.165) is 5.56 Å². The Morgan fingerprint density at radius 1 is 0.962 bits per heavy atom. The molecule has 0 spiro atoms. The number of benzene rings is 2. The highest BCUT2D eigenvalue weighted by Crippen LogP contribution is 2.26. The molecule has 26 heavy (non-hydrogen) atoms. The summed E-state index contributed by atoms with van der Waals surface area (Å²) in [6.45, 7) is 0. The Morgan fingerprint density at radius 3 is 2.35 bits per heavy atom. The Balaban J connectivity index is 1.77. The molecule has 0 aromatic heterocycles. The molecule has 2 aromatic carbocycles. The van der Waals surface area contributed by atoms with Crippen LogP contribution in [0.3, 0.4) is 0 Å². The fourth-order valence-electron chi connectivity index (χ4n) is 2.14. The van der Waals surface area contributed by atoms with E-state index in [1.165, 1.54) is 6.21 Å². The second kappa shape index (κ2) is 9.83. The van der Waals surface area contributed by atoms with Crippen molar-refractivity contribution >= 4 is 23.7 Å². The Kier molecular flexibility index (Phi) is 7.17. The molecule has 2 N–H and O–H groups in total. The van der Waals surface area contributed by atoms with E-state index in [9.17, 15) is 9.59 Å². The van der Waals surface area contributed by atoms with E-state index < -0.39 is 0 Å². The zero-order valence-corrected chi connectivity index (χ0v) is 14.7. The topological polar surface area (TPSA) is 89.0 Å². The van der Waals surface area contributed by atoms with Crippen LogP contribution in [0.2, 0.25) is 0 Å². The van der Waals surface area contributed by atoms with Crippen molar-refractivity contribution in [3.8, 4) is 11.5 Å². The number of ether oxygens (including phenoxy) is 2. The number of para-hydroxylation sites is 1. The molecule has 0 aliphatic heterocycles. The fraction of sp³-hybridized carbons (Fsp3) is 0.211. The molecule has 0 radical (unpaired) electrons. The summed E-state index contributed by atoms with van der Waals surface area (Å²) in [5.74, 6) is 0.610. The van der Waals surface area contributed by atoms with Crippen LogP contribution in [-0.4, -0.2) is 32.2 Å². The first-order chi connectivity index (χ1) is 12.6. The minimum atomic E-state index is -0.343. The first-order valence-electron chi connectivity index (χ1n) is 8.01. The van der Waals surface area contributed by atoms with Crippen LogP contribution in [0.15, 0.2) is 53.6 Å². The maximum atomic E-state index is 11.8. The van der Waals surface area contributed by atoms with Gasteiger partial charge in [0.25, 0.3) is 0 Å². The van der Waals surface area contributed by atoms with Crippen LogP contribution in [-0.2, 0) is 9.59 Å². The first kappa shape index (κ1) is 19.0. The number of rotatable bonds is 8. The van der Waals surface area contributed by atoms with Gasteiger partial charge in [0.05, 0.1) is 20.4 Å². The maximum absolute atomic E-state index is 11.8. The average Bonchev–Trinajstić information content (AvgIpc) is 2.67. The number of amides is 2. The molecule has 0 saturated heterocycles. The predicted molar refractivity (Wildman–Crippen MR) is 99.6 cm³/mol. The van der Waals surface area contributed by atoms with Crippen molar-refractivity contribution < 1.29 is 19.1 Å². The second-order valence-corrected chi connectivity index (χ2v) is 5.32. The summed E-state index contributed by atoms with van der Waals surface area (Å²) < 4.78 is 10.4. The van der Waals surface area contributed by atoms with Crippen LogP contribution in [0.1, 0.15) is 18.4 Å². The third-order valence-corrected chi connectivity index (χ3v) is 3.45. The van der Waals surface area contributed by atoms with Crippen LogP contribution >= 0.6 is 0 Å². The van der Waals surface area contributed by atoms with Gasteiger partial charge in [-0.15, -0.1) is 0 Å². The number of anilines is 1. The summed E-state index contributed by atoms with van der Waals surface area (Å²) in [5, 5.41) is 6.60. The number of nitrogens with zero attached hydrogens (tertiary/aromatic N) is 1. The van der Waals surface area contributed by atoms with Crippen molar-refractivity contribution in [1.29, 1.82) is 0 Å². The van der Waals surface area contributed by atoms with Gasteiger partial charge >= 0.3 is 0 Å². The first-order valence-corrected chi connectivity index (χ1v) is 8.01. The molecular weight excluding hydrogens is 334 g/mol. The molecule has 0 aliphatic rings. The van der Waals surface area contributed by atoms with Crippen LogP contribution in [0.25, 0.3) is 0 Å². The molecule has 0 atom stereocenters. The quantitative estimate of drug-likeness (QED) is 0.563. The summed E-state index contributed by atoms with van der Waals surface area (Å²) in [7, 11) is 3.10. The number of methoxy groups -OCH3 is 2. The third kappa shape index (κ3) is 5.94. The molecule has 0 aliphatic carbocycles. The SMILES string of the molecule is COc1ccc(/C=N/NC(=O)CCC(=O)Nc2ccccc2)cc1OC. The van der Waals surface area contributed by atoms with Gasteiger partial charge in [-0.2, -0.15) is 5.10 Å². The molecule has 2 rings (SSSR count). The van der Waals surface area contributed by atoms with Crippen LogP contribution in [0.5, 0.6) is 11.5 Å². The summed E-state index contributed by atoms with van der Waals surface area (Å²) >= 11 is 0. The van der Waals surface area contributed by atoms with Crippen molar-refractivity contribution in [1.82, 2.24) is 5.43 Å². The minimum absolute atomic E-state index is 0.0436. The van der Waals surface area contributed by atoms with E-state index in [1.807, 2.05) is 18.2 Å². The zero-order chi connectivity index (χ0) is 18.8. The second-order valence-electron chi connectivity index (χ2n) is 5.32. The highest BCUT2D eigenvalue weighted by molar-refractivity contribution is 5.93. The Bertz CT molecular complexity index is 776. The van der Waals surface area contributed by atoms with Gasteiger partial charge in [0.2, 0.25) is 11.8 Å². The van der Waals surface area contributed by atoms with Gasteiger partial charge in [0.15, 0.2) is 11.5 Å². The van der Waals surface area contributed by atoms with Crippen molar-refractivity contribution in [3.05, 3.63) is 54.1 Å². The van der Waals surface area contributed by atoms with Crippen molar-refractivity contribution in [3.63, 3.8) is 0 Å². The number of hydrogen-bond donors (Lipinski definition) is 2. The Hall–Kier alpha value is -3.35. The average molecular weight is 355 g/mol. The number of nitrogens with one attached hydrogen (secondary N) is 2. The van der Waals surface area contributed by atoms with Crippen molar-refractivity contribution in [2.75, 3.05) is 19.5 Å². The van der Waals surface area contributed by atoms with Crippen LogP contribution < -0.4 is 20.2 Å². The van der Waals surface area contributed by atoms with Gasteiger partial charge < -0.3 is 14.8 Å². The van der Waals surface area contributed by atoms with E-state index in [-0.39, 0.29) is 24.7 Å². The largest absolute Gasteiger partial charge is 0.493 e. The van der Waals surface area contributed by atoms with Gasteiger partial charge in [-0.05, 0) is 35.9 Å². The summed E-state index contributed by atoms with van der Waals surface area (Å²) in [4.78, 5) is 23.6. The number of carbonyl (C=O) groups excluding carboxylic acids is 2. The summed E-state index contributed by atoms with van der Waals surface area (Å²) in [6.07, 6.45) is 1.61. The lowest BCUT2D eigenvalue weighted by Gasteiger charge is -2.07. The Morgan fingerprint density at radius 2 is 1.65 bits per heavy atom. The van der Waals surface area contributed by atoms with E-state index in [1.54, 1.807) is 44.6 Å². The molecule has 0 saturated carbocycles. The summed E-state index contributed by atoms with van der Waals surface area (Å²) in [5.41, 5.74) is 3.83. The molecule has 136 valence electrons. The molecular formula is C19H21N3O4. The molecule has 0 bridgehead atoms. The van der Waals surface area contributed by atoms with Gasteiger partial charge in [0, 0.05) is 18.5 Å². The minimum Gasteiger partial charge on any atom is -0.493 e. The standard InChI is InChI=1S/C19H21N3O4/c1-25-16-9-8-14(12-17(16)26-2)13-20-22-19(24)11-10-18(23)21-15-6-4-3-5-7-15/h3-9,12-13H,10-11H2,1-2H3,(H,21,23)(H,22,24)/b20-13+. The van der Waals surface area contributed by atoms with Gasteiger partial charge in [-0.1, -0.05) is 18.2 Å². The van der Waals surface area contributed by atoms with Crippen LogP contribution in [0.4, 0.5) is 5.69 Å². The number of hydrogen-bond acceptors (Lipinski definition) is 5. The maximum Gasteiger partial charge on any atom is 0.240 e. The molecule has 7 heteroatoms. The Labute approximate surface area is 152 Å². The summed E-state index contributed by atoms with van der Waals surface area (Å²) in [6, 6.07) is 14.3. The monoisotopic (exact) mass is 355 g/mol. The molecule has 0 heterocycles. The molecule has 0 fully saturated rings. The highest BCUT2D eigenvalue weighted by Gasteiger charge is 2.07. The molecule has 0 unspecified atom stereocenters. The van der Waals surface area contributed by atoms with E-state index >= 15 is 0 Å². The lowest BCUT2D eigenvalue weighted by atomic mass is 10.2.